The van der Waals surface area contributed by atoms with Gasteiger partial charge in [0.1, 0.15) is 0 Å². The molecule has 82 valence electrons. The molecule has 0 amide bonds. The first kappa shape index (κ1) is 11.5. The van der Waals surface area contributed by atoms with Crippen LogP contribution < -0.4 is 0 Å². The van der Waals surface area contributed by atoms with Crippen LogP contribution in [0.25, 0.3) is 0 Å². The molecule has 1 N–H and O–H groups in total. The average molecular weight is 210 g/mol. The van der Waals surface area contributed by atoms with E-state index < -0.39 is 5.97 Å². The van der Waals surface area contributed by atoms with Gasteiger partial charge in [-0.05, 0) is 12.0 Å². The highest BCUT2D eigenvalue weighted by molar-refractivity contribution is 5.79. The van der Waals surface area contributed by atoms with Gasteiger partial charge in [0.25, 0.3) is 0 Å². The van der Waals surface area contributed by atoms with Crippen molar-refractivity contribution >= 4 is 5.97 Å². The van der Waals surface area contributed by atoms with Crippen molar-refractivity contribution in [2.45, 2.75) is 13.0 Å². The van der Waals surface area contributed by atoms with Crippen LogP contribution in [0.5, 0.6) is 0 Å². The predicted octanol–water partition coefficient (Wildman–Crippen LogP) is 0.713. The monoisotopic (exact) mass is 210 g/mol. The molecular weight excluding hydrogens is 196 g/mol. The number of carboxylic acid groups (broad SMARTS) is 1. The maximum absolute atomic E-state index is 10.2. The summed E-state index contributed by atoms with van der Waals surface area (Å²) < 4.78 is 6.69. The van der Waals surface area contributed by atoms with Crippen LogP contribution in [0, 0.1) is 0 Å². The van der Waals surface area contributed by atoms with Crippen LogP contribution in [0.1, 0.15) is 5.56 Å². The lowest BCUT2D eigenvalue weighted by molar-refractivity contribution is -0.131. The summed E-state index contributed by atoms with van der Waals surface area (Å²) in [6, 6.07) is 0. The summed E-state index contributed by atoms with van der Waals surface area (Å²) in [5.74, 6) is -0.929. The van der Waals surface area contributed by atoms with Gasteiger partial charge in [0.05, 0.1) is 19.3 Å². The molecule has 1 rings (SSSR count). The molecule has 0 fully saturated rings. The van der Waals surface area contributed by atoms with E-state index >= 15 is 0 Å². The van der Waals surface area contributed by atoms with Gasteiger partial charge in [0.2, 0.25) is 0 Å². The number of carbonyl (C=O) groups is 1. The highest BCUT2D eigenvalue weighted by Crippen LogP contribution is 1.99. The fraction of sp³-hybridized carbons (Fsp3) is 0.400. The lowest BCUT2D eigenvalue weighted by Crippen LogP contribution is -2.03. The molecule has 15 heavy (non-hydrogen) atoms. The van der Waals surface area contributed by atoms with Gasteiger partial charge in [-0.15, -0.1) is 0 Å². The number of rotatable bonds is 6. The van der Waals surface area contributed by atoms with Crippen LogP contribution in [-0.4, -0.2) is 34.6 Å². The molecule has 5 heteroatoms. The van der Waals surface area contributed by atoms with Gasteiger partial charge >= 0.3 is 5.97 Å². The molecule has 0 radical (unpaired) electrons. The molecule has 0 saturated heterocycles. The first-order chi connectivity index (χ1) is 7.22. The summed E-state index contributed by atoms with van der Waals surface area (Å²) in [7, 11) is 1.64. The van der Waals surface area contributed by atoms with E-state index in [1.807, 2.05) is 6.20 Å². The Hall–Kier alpha value is -1.62. The van der Waals surface area contributed by atoms with Crippen LogP contribution in [0.15, 0.2) is 24.5 Å². The molecule has 1 aromatic heterocycles. The zero-order valence-corrected chi connectivity index (χ0v) is 8.59. The largest absolute Gasteiger partial charge is 0.478 e. The molecule has 0 spiro atoms. The molecule has 1 heterocycles. The van der Waals surface area contributed by atoms with Gasteiger partial charge in [-0.2, -0.15) is 5.10 Å². The fourth-order valence-corrected chi connectivity index (χ4v) is 1.11. The van der Waals surface area contributed by atoms with Gasteiger partial charge in [-0.1, -0.05) is 6.08 Å². The lowest BCUT2D eigenvalue weighted by atomic mass is 10.2. The van der Waals surface area contributed by atoms with Crippen molar-refractivity contribution in [1.82, 2.24) is 9.78 Å². The van der Waals surface area contributed by atoms with E-state index in [9.17, 15) is 4.79 Å². The van der Waals surface area contributed by atoms with E-state index in [-0.39, 0.29) is 0 Å². The predicted molar refractivity (Wildman–Crippen MR) is 54.6 cm³/mol. The summed E-state index contributed by atoms with van der Waals surface area (Å²) in [4.78, 5) is 10.2. The minimum Gasteiger partial charge on any atom is -0.478 e. The summed E-state index contributed by atoms with van der Waals surface area (Å²) in [6.07, 6.45) is 6.92. The number of aromatic nitrogens is 2. The molecule has 0 aliphatic carbocycles. The summed E-state index contributed by atoms with van der Waals surface area (Å²) in [5.41, 5.74) is 0.989. The first-order valence-electron chi connectivity index (χ1n) is 4.62. The summed E-state index contributed by atoms with van der Waals surface area (Å²) in [6.45, 7) is 1.32. The van der Waals surface area contributed by atoms with Gasteiger partial charge in [0, 0.05) is 19.4 Å². The number of hydrogen-bond donors (Lipinski definition) is 1. The van der Waals surface area contributed by atoms with Crippen LogP contribution in [0.3, 0.4) is 0 Å². The van der Waals surface area contributed by atoms with E-state index in [0.29, 0.717) is 19.6 Å². The average Bonchev–Trinajstić information content (AvgIpc) is 2.62. The molecule has 5 nitrogen and oxygen atoms in total. The van der Waals surface area contributed by atoms with Gasteiger partial charge in [0.15, 0.2) is 0 Å². The van der Waals surface area contributed by atoms with Crippen molar-refractivity contribution in [3.63, 3.8) is 0 Å². The minimum absolute atomic E-state index is 0.583. The Morgan fingerprint density at radius 1 is 1.73 bits per heavy atom. The highest BCUT2D eigenvalue weighted by atomic mass is 16.5. The quantitative estimate of drug-likeness (QED) is 0.702. The van der Waals surface area contributed by atoms with Crippen molar-refractivity contribution in [2.75, 3.05) is 13.7 Å². The second-order valence-corrected chi connectivity index (χ2v) is 3.05. The number of allylic oxidation sites excluding steroid dienone is 1. The van der Waals surface area contributed by atoms with E-state index in [2.05, 4.69) is 5.10 Å². The number of nitrogens with zero attached hydrogens (tertiary/aromatic N) is 2. The van der Waals surface area contributed by atoms with Crippen molar-refractivity contribution < 1.29 is 14.6 Å². The van der Waals surface area contributed by atoms with Crippen LogP contribution in [-0.2, 0) is 22.5 Å². The number of hydrogen-bond acceptors (Lipinski definition) is 3. The van der Waals surface area contributed by atoms with Crippen molar-refractivity contribution in [1.29, 1.82) is 0 Å². The molecule has 0 atom stereocenters. The first-order valence-corrected chi connectivity index (χ1v) is 4.62. The Morgan fingerprint density at radius 2 is 2.53 bits per heavy atom. The van der Waals surface area contributed by atoms with Crippen molar-refractivity contribution in [2.24, 2.45) is 0 Å². The molecule has 0 aliphatic rings. The Morgan fingerprint density at radius 3 is 3.20 bits per heavy atom. The Kier molecular flexibility index (Phi) is 4.56. The number of carboxylic acids is 1. The number of methoxy groups -OCH3 is 1. The van der Waals surface area contributed by atoms with Crippen molar-refractivity contribution in [3.05, 3.63) is 30.1 Å². The highest BCUT2D eigenvalue weighted by Gasteiger charge is 1.96. The van der Waals surface area contributed by atoms with Gasteiger partial charge < -0.3 is 9.84 Å². The van der Waals surface area contributed by atoms with E-state index in [1.54, 1.807) is 24.1 Å². The maximum atomic E-state index is 10.2. The topological polar surface area (TPSA) is 64.3 Å². The lowest BCUT2D eigenvalue weighted by Gasteiger charge is -1.97. The fourth-order valence-electron chi connectivity index (χ4n) is 1.11. The SMILES string of the molecule is COCCn1cc(C/C=C/C(=O)O)cn1. The minimum atomic E-state index is -0.929. The second kappa shape index (κ2) is 5.98. The van der Waals surface area contributed by atoms with E-state index in [0.717, 1.165) is 11.6 Å². The third-order valence-corrected chi connectivity index (χ3v) is 1.83. The second-order valence-electron chi connectivity index (χ2n) is 3.05. The Labute approximate surface area is 88.0 Å². The molecule has 0 bridgehead atoms. The molecular formula is C10H14N2O3. The van der Waals surface area contributed by atoms with E-state index in [4.69, 9.17) is 9.84 Å². The molecule has 0 aromatic carbocycles. The Balaban J connectivity index is 2.42. The van der Waals surface area contributed by atoms with Gasteiger partial charge in [-0.3, -0.25) is 4.68 Å². The molecule has 0 unspecified atom stereocenters. The summed E-state index contributed by atoms with van der Waals surface area (Å²) >= 11 is 0. The zero-order valence-electron chi connectivity index (χ0n) is 8.59. The third-order valence-electron chi connectivity index (χ3n) is 1.83. The standard InChI is InChI=1S/C10H14N2O3/c1-15-6-5-12-8-9(7-11-12)3-2-4-10(13)14/h2,4,7-8H,3,5-6H2,1H3,(H,13,14)/b4-2+. The van der Waals surface area contributed by atoms with Crippen LogP contribution >= 0.6 is 0 Å². The smallest absolute Gasteiger partial charge is 0.327 e. The van der Waals surface area contributed by atoms with Gasteiger partial charge in [-0.25, -0.2) is 4.79 Å². The van der Waals surface area contributed by atoms with Crippen LogP contribution in [0.4, 0.5) is 0 Å². The third kappa shape index (κ3) is 4.42. The maximum Gasteiger partial charge on any atom is 0.327 e. The van der Waals surface area contributed by atoms with Crippen LogP contribution in [0.2, 0.25) is 0 Å². The summed E-state index contributed by atoms with van der Waals surface area (Å²) in [5, 5.41) is 12.5. The number of aliphatic carboxylic acids is 1. The number of ether oxygens (including phenoxy) is 1. The zero-order chi connectivity index (χ0) is 11.1. The molecule has 0 aliphatic heterocycles. The normalized spacial score (nSPS) is 11.0. The molecule has 0 saturated carbocycles. The molecule has 1 aromatic rings. The Bertz CT molecular complexity index is 344. The van der Waals surface area contributed by atoms with E-state index in [1.165, 1.54) is 0 Å². The van der Waals surface area contributed by atoms with Crippen molar-refractivity contribution in [3.8, 4) is 0 Å².